The van der Waals surface area contributed by atoms with Gasteiger partial charge < -0.3 is 10.2 Å². The Bertz CT molecular complexity index is 461. The lowest BCUT2D eigenvalue weighted by Gasteiger charge is -2.21. The molecule has 0 aliphatic carbocycles. The van der Waals surface area contributed by atoms with Gasteiger partial charge >= 0.3 is 0 Å². The first kappa shape index (κ1) is 14.6. The normalized spacial score (nSPS) is 17.4. The van der Waals surface area contributed by atoms with Gasteiger partial charge in [0.25, 0.3) is 5.91 Å². The van der Waals surface area contributed by atoms with Crippen molar-refractivity contribution in [1.29, 1.82) is 0 Å². The van der Waals surface area contributed by atoms with Crippen LogP contribution in [0.4, 0.5) is 0 Å². The summed E-state index contributed by atoms with van der Waals surface area (Å²) in [7, 11) is 0. The highest BCUT2D eigenvalue weighted by Crippen LogP contribution is 2.17. The Morgan fingerprint density at radius 3 is 2.79 bits per heavy atom. The third-order valence-electron chi connectivity index (χ3n) is 3.14. The summed E-state index contributed by atoms with van der Waals surface area (Å²) >= 11 is 11.7. The van der Waals surface area contributed by atoms with Crippen LogP contribution in [0.2, 0.25) is 10.2 Å². The van der Waals surface area contributed by atoms with Crippen molar-refractivity contribution in [2.45, 2.75) is 25.8 Å². The number of pyridine rings is 1. The van der Waals surface area contributed by atoms with E-state index in [2.05, 4.69) is 15.2 Å². The zero-order valence-corrected chi connectivity index (χ0v) is 12.3. The van der Waals surface area contributed by atoms with Gasteiger partial charge in [-0.05, 0) is 45.0 Å². The van der Waals surface area contributed by atoms with Gasteiger partial charge in [-0.15, -0.1) is 0 Å². The second-order valence-corrected chi connectivity index (χ2v) is 5.64. The van der Waals surface area contributed by atoms with Crippen LogP contribution in [0.3, 0.4) is 0 Å². The van der Waals surface area contributed by atoms with Gasteiger partial charge in [-0.2, -0.15) is 0 Å². The largest absolute Gasteiger partial charge is 0.347 e. The molecule has 6 heteroatoms. The molecule has 2 heterocycles. The van der Waals surface area contributed by atoms with Crippen molar-refractivity contribution in [1.82, 2.24) is 15.2 Å². The summed E-state index contributed by atoms with van der Waals surface area (Å²) in [5, 5.41) is 3.49. The van der Waals surface area contributed by atoms with Crippen molar-refractivity contribution in [2.24, 2.45) is 0 Å². The minimum Gasteiger partial charge on any atom is -0.347 e. The number of nitrogens with one attached hydrogen (secondary N) is 1. The molecule has 0 radical (unpaired) electrons. The number of carbonyl (C=O) groups is 1. The van der Waals surface area contributed by atoms with E-state index in [0.29, 0.717) is 5.02 Å². The van der Waals surface area contributed by atoms with Crippen molar-refractivity contribution in [3.8, 4) is 0 Å². The lowest BCUT2D eigenvalue weighted by molar-refractivity contribution is 0.0927. The molecule has 1 aliphatic heterocycles. The maximum absolute atomic E-state index is 12.1. The van der Waals surface area contributed by atoms with Crippen LogP contribution in [0.15, 0.2) is 12.1 Å². The van der Waals surface area contributed by atoms with Crippen molar-refractivity contribution in [2.75, 3.05) is 19.6 Å². The Morgan fingerprint density at radius 1 is 1.42 bits per heavy atom. The molecule has 104 valence electrons. The number of halogens is 2. The molecule has 4 nitrogen and oxygen atoms in total. The smallest absolute Gasteiger partial charge is 0.271 e. The monoisotopic (exact) mass is 301 g/mol. The van der Waals surface area contributed by atoms with Crippen LogP contribution in [0.5, 0.6) is 0 Å². The highest BCUT2D eigenvalue weighted by atomic mass is 35.5. The van der Waals surface area contributed by atoms with Crippen LogP contribution < -0.4 is 5.32 Å². The highest BCUT2D eigenvalue weighted by molar-refractivity contribution is 6.34. The SMILES string of the molecule is CC(CN1CCCC1)NC(=O)c1nc(Cl)ccc1Cl. The number of amides is 1. The number of aromatic nitrogens is 1. The molecule has 1 aliphatic rings. The molecule has 1 fully saturated rings. The Labute approximate surface area is 123 Å². The molecule has 0 spiro atoms. The first-order valence-corrected chi connectivity index (χ1v) is 7.17. The summed E-state index contributed by atoms with van der Waals surface area (Å²) in [5.41, 5.74) is 0.183. The summed E-state index contributed by atoms with van der Waals surface area (Å²) in [4.78, 5) is 18.4. The maximum atomic E-state index is 12.1. The molecule has 1 saturated heterocycles. The number of carbonyl (C=O) groups excluding carboxylic acids is 1. The van der Waals surface area contributed by atoms with E-state index in [0.717, 1.165) is 19.6 Å². The molecule has 1 aromatic rings. The van der Waals surface area contributed by atoms with Crippen LogP contribution in [-0.2, 0) is 0 Å². The van der Waals surface area contributed by atoms with E-state index in [1.165, 1.54) is 12.8 Å². The van der Waals surface area contributed by atoms with E-state index in [9.17, 15) is 4.79 Å². The molecular formula is C13H17Cl2N3O. The van der Waals surface area contributed by atoms with Gasteiger partial charge in [0.1, 0.15) is 10.8 Å². The fraction of sp³-hybridized carbons (Fsp3) is 0.538. The number of hydrogen-bond acceptors (Lipinski definition) is 3. The number of hydrogen-bond donors (Lipinski definition) is 1. The molecule has 1 amide bonds. The summed E-state index contributed by atoms with van der Waals surface area (Å²) in [6.45, 7) is 5.05. The Hall–Kier alpha value is -0.840. The average molecular weight is 302 g/mol. The predicted molar refractivity (Wildman–Crippen MR) is 76.9 cm³/mol. The zero-order chi connectivity index (χ0) is 13.8. The zero-order valence-electron chi connectivity index (χ0n) is 10.8. The van der Waals surface area contributed by atoms with Gasteiger partial charge in [0.15, 0.2) is 0 Å². The second kappa shape index (κ2) is 6.55. The van der Waals surface area contributed by atoms with Crippen molar-refractivity contribution in [3.05, 3.63) is 28.0 Å². The quantitative estimate of drug-likeness (QED) is 0.870. The number of nitrogens with zero attached hydrogens (tertiary/aromatic N) is 2. The summed E-state index contributed by atoms with van der Waals surface area (Å²) in [6, 6.07) is 3.20. The van der Waals surface area contributed by atoms with Crippen LogP contribution in [0.1, 0.15) is 30.3 Å². The lowest BCUT2D eigenvalue weighted by Crippen LogP contribution is -2.41. The first-order valence-electron chi connectivity index (χ1n) is 6.41. The van der Waals surface area contributed by atoms with E-state index in [4.69, 9.17) is 23.2 Å². The molecule has 0 bridgehead atoms. The van der Waals surface area contributed by atoms with Gasteiger partial charge in [-0.3, -0.25) is 4.79 Å². The Kier molecular flexibility index (Phi) is 5.02. The highest BCUT2D eigenvalue weighted by Gasteiger charge is 2.18. The summed E-state index contributed by atoms with van der Waals surface area (Å²) in [5.74, 6) is -0.279. The van der Waals surface area contributed by atoms with Gasteiger partial charge in [0.05, 0.1) is 5.02 Å². The van der Waals surface area contributed by atoms with Crippen LogP contribution in [-0.4, -0.2) is 41.5 Å². The first-order chi connectivity index (χ1) is 9.06. The molecule has 1 unspecified atom stereocenters. The van der Waals surface area contributed by atoms with E-state index in [-0.39, 0.29) is 22.8 Å². The molecule has 2 rings (SSSR count). The second-order valence-electron chi connectivity index (χ2n) is 4.85. The minimum absolute atomic E-state index is 0.0578. The van der Waals surface area contributed by atoms with E-state index in [1.54, 1.807) is 12.1 Å². The fourth-order valence-electron chi connectivity index (χ4n) is 2.27. The van der Waals surface area contributed by atoms with Crippen LogP contribution in [0.25, 0.3) is 0 Å². The van der Waals surface area contributed by atoms with Crippen LogP contribution in [0, 0.1) is 0 Å². The predicted octanol–water partition coefficient (Wildman–Crippen LogP) is 2.60. The fourth-order valence-corrected chi connectivity index (χ4v) is 2.61. The van der Waals surface area contributed by atoms with E-state index >= 15 is 0 Å². The Morgan fingerprint density at radius 2 is 2.11 bits per heavy atom. The molecule has 19 heavy (non-hydrogen) atoms. The molecule has 1 atom stereocenters. The van der Waals surface area contributed by atoms with Gasteiger partial charge in [0, 0.05) is 12.6 Å². The molecule has 1 aromatic heterocycles. The van der Waals surface area contributed by atoms with Crippen molar-refractivity contribution < 1.29 is 4.79 Å². The van der Waals surface area contributed by atoms with E-state index in [1.807, 2.05) is 6.92 Å². The van der Waals surface area contributed by atoms with Crippen molar-refractivity contribution in [3.63, 3.8) is 0 Å². The number of likely N-dealkylation sites (tertiary alicyclic amines) is 1. The average Bonchev–Trinajstić information content (AvgIpc) is 2.84. The summed E-state index contributed by atoms with van der Waals surface area (Å²) in [6.07, 6.45) is 2.48. The standard InChI is InChI=1S/C13H17Cl2N3O/c1-9(8-18-6-2-3-7-18)16-13(19)12-10(14)4-5-11(15)17-12/h4-5,9H,2-3,6-8H2,1H3,(H,16,19). The molecule has 1 N–H and O–H groups in total. The molecule has 0 saturated carbocycles. The van der Waals surface area contributed by atoms with Crippen molar-refractivity contribution >= 4 is 29.1 Å². The summed E-state index contributed by atoms with van der Waals surface area (Å²) < 4.78 is 0. The lowest BCUT2D eigenvalue weighted by atomic mass is 10.2. The van der Waals surface area contributed by atoms with Gasteiger partial charge in [-0.25, -0.2) is 4.98 Å². The topological polar surface area (TPSA) is 45.2 Å². The van der Waals surface area contributed by atoms with Gasteiger partial charge in [0.2, 0.25) is 0 Å². The van der Waals surface area contributed by atoms with Crippen LogP contribution >= 0.6 is 23.2 Å². The molecule has 0 aromatic carbocycles. The third kappa shape index (κ3) is 4.06. The molecular weight excluding hydrogens is 285 g/mol. The maximum Gasteiger partial charge on any atom is 0.271 e. The third-order valence-corrected chi connectivity index (χ3v) is 3.65. The van der Waals surface area contributed by atoms with Gasteiger partial charge in [-0.1, -0.05) is 23.2 Å². The minimum atomic E-state index is -0.279. The Balaban J connectivity index is 1.94. The number of rotatable bonds is 4. The van der Waals surface area contributed by atoms with E-state index < -0.39 is 0 Å².